The van der Waals surface area contributed by atoms with Crippen molar-refractivity contribution in [3.05, 3.63) is 30.1 Å². The van der Waals surface area contributed by atoms with E-state index >= 15 is 0 Å². The maximum Gasteiger partial charge on any atom is 0.239 e. The molecule has 1 saturated heterocycles. The normalized spacial score (nSPS) is 23.7. The van der Waals surface area contributed by atoms with Gasteiger partial charge in [0.1, 0.15) is 0 Å². The summed E-state index contributed by atoms with van der Waals surface area (Å²) in [5.41, 5.74) is 1.25. The van der Waals surface area contributed by atoms with E-state index in [1.807, 2.05) is 17.0 Å². The van der Waals surface area contributed by atoms with Crippen molar-refractivity contribution in [2.24, 2.45) is 0 Å². The van der Waals surface area contributed by atoms with Gasteiger partial charge >= 0.3 is 0 Å². The van der Waals surface area contributed by atoms with Crippen LogP contribution in [0.3, 0.4) is 0 Å². The van der Waals surface area contributed by atoms with Gasteiger partial charge in [-0.1, -0.05) is 0 Å². The van der Waals surface area contributed by atoms with Crippen molar-refractivity contribution in [2.45, 2.75) is 37.8 Å². The SMILES string of the molecule is O=C1C(NC2CC2)CCN1CCc1ccncc1. The van der Waals surface area contributed by atoms with Crippen LogP contribution < -0.4 is 5.32 Å². The highest BCUT2D eigenvalue weighted by Crippen LogP contribution is 2.22. The Morgan fingerprint density at radius 1 is 1.28 bits per heavy atom. The molecule has 1 N–H and O–H groups in total. The van der Waals surface area contributed by atoms with Crippen molar-refractivity contribution < 1.29 is 4.79 Å². The average Bonchev–Trinajstić information content (AvgIpc) is 3.15. The van der Waals surface area contributed by atoms with Gasteiger partial charge in [-0.05, 0) is 43.4 Å². The summed E-state index contributed by atoms with van der Waals surface area (Å²) in [6, 6.07) is 4.72. The molecule has 4 heteroatoms. The fourth-order valence-electron chi connectivity index (χ4n) is 2.46. The largest absolute Gasteiger partial charge is 0.341 e. The summed E-state index contributed by atoms with van der Waals surface area (Å²) in [5, 5.41) is 3.43. The second-order valence-corrected chi connectivity index (χ2v) is 5.21. The van der Waals surface area contributed by atoms with Gasteiger partial charge in [0.25, 0.3) is 0 Å². The van der Waals surface area contributed by atoms with Crippen LogP contribution in [0.5, 0.6) is 0 Å². The second-order valence-electron chi connectivity index (χ2n) is 5.21. The molecule has 96 valence electrons. The predicted octanol–water partition coefficient (Wildman–Crippen LogP) is 0.977. The lowest BCUT2D eigenvalue weighted by Gasteiger charge is -2.17. The van der Waals surface area contributed by atoms with Gasteiger partial charge in [0.2, 0.25) is 5.91 Å². The molecule has 4 nitrogen and oxygen atoms in total. The number of hydrogen-bond acceptors (Lipinski definition) is 3. The van der Waals surface area contributed by atoms with Crippen molar-refractivity contribution in [2.75, 3.05) is 13.1 Å². The number of carbonyl (C=O) groups excluding carboxylic acids is 1. The molecule has 1 aliphatic heterocycles. The Bertz CT molecular complexity index is 416. The molecule has 1 unspecified atom stereocenters. The lowest BCUT2D eigenvalue weighted by molar-refractivity contribution is -0.129. The number of nitrogens with one attached hydrogen (secondary N) is 1. The zero-order valence-corrected chi connectivity index (χ0v) is 10.5. The van der Waals surface area contributed by atoms with Crippen molar-refractivity contribution in [3.8, 4) is 0 Å². The van der Waals surface area contributed by atoms with Gasteiger partial charge in [-0.15, -0.1) is 0 Å². The summed E-state index contributed by atoms with van der Waals surface area (Å²) in [4.78, 5) is 18.1. The number of amides is 1. The Kier molecular flexibility index (Phi) is 3.28. The summed E-state index contributed by atoms with van der Waals surface area (Å²) >= 11 is 0. The van der Waals surface area contributed by atoms with Crippen LogP contribution in [0.1, 0.15) is 24.8 Å². The Labute approximate surface area is 107 Å². The molecule has 2 aliphatic rings. The van der Waals surface area contributed by atoms with E-state index in [-0.39, 0.29) is 11.9 Å². The highest BCUT2D eigenvalue weighted by molar-refractivity contribution is 5.84. The summed E-state index contributed by atoms with van der Waals surface area (Å²) in [7, 11) is 0. The molecule has 0 spiro atoms. The molecule has 3 rings (SSSR count). The number of nitrogens with zero attached hydrogens (tertiary/aromatic N) is 2. The zero-order valence-electron chi connectivity index (χ0n) is 10.5. The summed E-state index contributed by atoms with van der Waals surface area (Å²) in [6.45, 7) is 1.72. The third-order valence-corrected chi connectivity index (χ3v) is 3.73. The lowest BCUT2D eigenvalue weighted by atomic mass is 10.2. The van der Waals surface area contributed by atoms with Crippen LogP contribution in [0.2, 0.25) is 0 Å². The Morgan fingerprint density at radius 2 is 2.06 bits per heavy atom. The van der Waals surface area contributed by atoms with E-state index in [4.69, 9.17) is 0 Å². The highest BCUT2D eigenvalue weighted by atomic mass is 16.2. The minimum absolute atomic E-state index is 0.0786. The van der Waals surface area contributed by atoms with Crippen LogP contribution in [0, 0.1) is 0 Å². The molecule has 2 fully saturated rings. The standard InChI is InChI=1S/C14H19N3O/c18-14-13(16-12-1-2-12)6-10-17(14)9-5-11-3-7-15-8-4-11/h3-4,7-8,12-13,16H,1-2,5-6,9-10H2. The molecule has 0 aromatic carbocycles. The molecule has 1 aromatic rings. The fraction of sp³-hybridized carbons (Fsp3) is 0.571. The Morgan fingerprint density at radius 3 is 2.78 bits per heavy atom. The molecule has 0 bridgehead atoms. The molecule has 1 amide bonds. The fourth-order valence-corrected chi connectivity index (χ4v) is 2.46. The topological polar surface area (TPSA) is 45.2 Å². The smallest absolute Gasteiger partial charge is 0.239 e. The third kappa shape index (κ3) is 2.70. The van der Waals surface area contributed by atoms with Gasteiger partial charge in [-0.3, -0.25) is 9.78 Å². The molecule has 2 heterocycles. The first kappa shape index (κ1) is 11.7. The zero-order chi connectivity index (χ0) is 12.4. The monoisotopic (exact) mass is 245 g/mol. The molecule has 0 radical (unpaired) electrons. The molecule has 1 aliphatic carbocycles. The predicted molar refractivity (Wildman–Crippen MR) is 69.1 cm³/mol. The van der Waals surface area contributed by atoms with Crippen LogP contribution in [0.4, 0.5) is 0 Å². The molecule has 1 saturated carbocycles. The molecule has 1 aromatic heterocycles. The van der Waals surface area contributed by atoms with Gasteiger partial charge in [0.05, 0.1) is 6.04 Å². The van der Waals surface area contributed by atoms with Crippen molar-refractivity contribution in [3.63, 3.8) is 0 Å². The van der Waals surface area contributed by atoms with Crippen LogP contribution in [-0.4, -0.2) is 41.0 Å². The highest BCUT2D eigenvalue weighted by Gasteiger charge is 2.35. The first-order chi connectivity index (χ1) is 8.83. The first-order valence-corrected chi connectivity index (χ1v) is 6.76. The van der Waals surface area contributed by atoms with Gasteiger partial charge in [-0.25, -0.2) is 0 Å². The van der Waals surface area contributed by atoms with Crippen LogP contribution >= 0.6 is 0 Å². The number of rotatable bonds is 5. The number of aromatic nitrogens is 1. The van der Waals surface area contributed by atoms with Crippen molar-refractivity contribution >= 4 is 5.91 Å². The van der Waals surface area contributed by atoms with E-state index in [9.17, 15) is 4.79 Å². The van der Waals surface area contributed by atoms with Gasteiger partial charge in [0, 0.05) is 31.5 Å². The van der Waals surface area contributed by atoms with Crippen molar-refractivity contribution in [1.29, 1.82) is 0 Å². The van der Waals surface area contributed by atoms with Gasteiger partial charge in [0.15, 0.2) is 0 Å². The molecular weight excluding hydrogens is 226 g/mol. The van der Waals surface area contributed by atoms with E-state index < -0.39 is 0 Å². The minimum atomic E-state index is 0.0786. The minimum Gasteiger partial charge on any atom is -0.341 e. The number of carbonyl (C=O) groups is 1. The van der Waals surface area contributed by atoms with Crippen LogP contribution in [-0.2, 0) is 11.2 Å². The number of likely N-dealkylation sites (tertiary alicyclic amines) is 1. The molecular formula is C14H19N3O. The third-order valence-electron chi connectivity index (χ3n) is 3.73. The number of hydrogen-bond donors (Lipinski definition) is 1. The van der Waals surface area contributed by atoms with E-state index in [0.29, 0.717) is 6.04 Å². The second kappa shape index (κ2) is 5.06. The van der Waals surface area contributed by atoms with Crippen LogP contribution in [0.15, 0.2) is 24.5 Å². The van der Waals surface area contributed by atoms with Crippen molar-refractivity contribution in [1.82, 2.24) is 15.2 Å². The molecule has 1 atom stereocenters. The van der Waals surface area contributed by atoms with Gasteiger partial charge in [-0.2, -0.15) is 0 Å². The van der Waals surface area contributed by atoms with Crippen LogP contribution in [0.25, 0.3) is 0 Å². The lowest BCUT2D eigenvalue weighted by Crippen LogP contribution is -2.39. The van der Waals surface area contributed by atoms with Gasteiger partial charge < -0.3 is 10.2 Å². The van der Waals surface area contributed by atoms with E-state index in [2.05, 4.69) is 10.3 Å². The summed E-state index contributed by atoms with van der Waals surface area (Å²) in [5.74, 6) is 0.288. The maximum atomic E-state index is 12.1. The van der Waals surface area contributed by atoms with E-state index in [1.165, 1.54) is 18.4 Å². The summed E-state index contributed by atoms with van der Waals surface area (Å²) < 4.78 is 0. The van der Waals surface area contributed by atoms with E-state index in [0.717, 1.165) is 25.9 Å². The Hall–Kier alpha value is -1.42. The number of pyridine rings is 1. The first-order valence-electron chi connectivity index (χ1n) is 6.76. The quantitative estimate of drug-likeness (QED) is 0.841. The average molecular weight is 245 g/mol. The van der Waals surface area contributed by atoms with E-state index in [1.54, 1.807) is 12.4 Å². The Balaban J connectivity index is 1.50. The summed E-state index contributed by atoms with van der Waals surface area (Å²) in [6.07, 6.45) is 7.97. The molecule has 18 heavy (non-hydrogen) atoms. The maximum absolute atomic E-state index is 12.1.